The second-order valence-corrected chi connectivity index (χ2v) is 7.93. The lowest BCUT2D eigenvalue weighted by Crippen LogP contribution is -2.45. The molecule has 1 amide bonds. The van der Waals surface area contributed by atoms with Crippen molar-refractivity contribution in [2.75, 3.05) is 0 Å². The van der Waals surface area contributed by atoms with E-state index >= 15 is 0 Å². The van der Waals surface area contributed by atoms with Crippen molar-refractivity contribution in [1.29, 1.82) is 0 Å². The number of hydrogen-bond donors (Lipinski definition) is 1. The van der Waals surface area contributed by atoms with Gasteiger partial charge in [0.2, 0.25) is 0 Å². The lowest BCUT2D eigenvalue weighted by Gasteiger charge is -2.29. The summed E-state index contributed by atoms with van der Waals surface area (Å²) in [7, 11) is 0. The fourth-order valence-corrected chi connectivity index (χ4v) is 4.69. The van der Waals surface area contributed by atoms with Gasteiger partial charge in [-0.3, -0.25) is 9.78 Å². The molecule has 0 aliphatic heterocycles. The Morgan fingerprint density at radius 2 is 1.93 bits per heavy atom. The van der Waals surface area contributed by atoms with Gasteiger partial charge >= 0.3 is 5.97 Å². The highest BCUT2D eigenvalue weighted by Gasteiger charge is 2.42. The molecule has 2 fully saturated rings. The number of hydrogen-bond acceptors (Lipinski definition) is 5. The third kappa shape index (κ3) is 3.66. The molecule has 2 aromatic rings. The third-order valence-electron chi connectivity index (χ3n) is 6.12. The number of benzene rings is 1. The Hall–Kier alpha value is -2.50. The number of nitrogens with zero attached hydrogens (tertiary/aromatic N) is 2. The van der Waals surface area contributed by atoms with Gasteiger partial charge in [-0.25, -0.2) is 9.78 Å². The smallest absolute Gasteiger partial charge is 0.359 e. The molecule has 1 N–H and O–H groups in total. The molecule has 2 aliphatic carbocycles. The van der Waals surface area contributed by atoms with E-state index in [0.717, 1.165) is 11.8 Å². The Bertz CT molecular complexity index is 869. The minimum absolute atomic E-state index is 0.106. The molecule has 5 atom stereocenters. The van der Waals surface area contributed by atoms with Crippen molar-refractivity contribution in [2.45, 2.75) is 51.7 Å². The third-order valence-corrected chi connectivity index (χ3v) is 6.12. The van der Waals surface area contributed by atoms with Crippen LogP contribution in [-0.4, -0.2) is 34.0 Å². The zero-order valence-electron chi connectivity index (χ0n) is 15.7. The molecule has 1 heterocycles. The average Bonchev–Trinajstić information content (AvgIpc) is 3.31. The molecule has 27 heavy (non-hydrogen) atoms. The van der Waals surface area contributed by atoms with Crippen LogP contribution in [0.4, 0.5) is 0 Å². The number of para-hydroxylation sites is 2. The van der Waals surface area contributed by atoms with Crippen molar-refractivity contribution in [1.82, 2.24) is 15.3 Å². The molecule has 2 bridgehead atoms. The Kier molecular flexibility index (Phi) is 4.81. The van der Waals surface area contributed by atoms with Gasteiger partial charge in [0.05, 0.1) is 17.2 Å². The predicted molar refractivity (Wildman–Crippen MR) is 101 cm³/mol. The van der Waals surface area contributed by atoms with E-state index in [9.17, 15) is 9.59 Å². The van der Waals surface area contributed by atoms with E-state index in [1.165, 1.54) is 31.9 Å². The van der Waals surface area contributed by atoms with Crippen LogP contribution in [0, 0.1) is 17.8 Å². The first-order chi connectivity index (χ1) is 13.0. The predicted octanol–water partition coefficient (Wildman–Crippen LogP) is 3.12. The van der Waals surface area contributed by atoms with Crippen molar-refractivity contribution >= 4 is 22.9 Å². The van der Waals surface area contributed by atoms with Crippen molar-refractivity contribution in [3.63, 3.8) is 0 Å². The first-order valence-corrected chi connectivity index (χ1v) is 9.74. The van der Waals surface area contributed by atoms with Gasteiger partial charge in [-0.05, 0) is 63.0 Å². The highest BCUT2D eigenvalue weighted by molar-refractivity contribution is 5.92. The Morgan fingerprint density at radius 1 is 1.15 bits per heavy atom. The summed E-state index contributed by atoms with van der Waals surface area (Å²) in [6.45, 7) is 3.65. The molecule has 0 unspecified atom stereocenters. The summed E-state index contributed by atoms with van der Waals surface area (Å²) in [5.41, 5.74) is 1.43. The number of aromatic nitrogens is 2. The highest BCUT2D eigenvalue weighted by atomic mass is 16.5. The van der Waals surface area contributed by atoms with Crippen LogP contribution in [0.15, 0.2) is 30.5 Å². The van der Waals surface area contributed by atoms with E-state index in [-0.39, 0.29) is 17.6 Å². The van der Waals surface area contributed by atoms with Gasteiger partial charge < -0.3 is 10.1 Å². The topological polar surface area (TPSA) is 81.2 Å². The van der Waals surface area contributed by atoms with Gasteiger partial charge in [-0.15, -0.1) is 0 Å². The quantitative estimate of drug-likeness (QED) is 0.821. The van der Waals surface area contributed by atoms with E-state index in [0.29, 0.717) is 17.0 Å². The zero-order chi connectivity index (χ0) is 19.0. The van der Waals surface area contributed by atoms with Crippen molar-refractivity contribution in [3.05, 3.63) is 36.2 Å². The van der Waals surface area contributed by atoms with Crippen LogP contribution < -0.4 is 5.32 Å². The molecule has 0 saturated heterocycles. The minimum Gasteiger partial charge on any atom is -0.448 e. The number of carbonyl (C=O) groups is 2. The number of rotatable bonds is 5. The molecular weight excluding hydrogens is 342 g/mol. The minimum atomic E-state index is -0.869. The van der Waals surface area contributed by atoms with Crippen molar-refractivity contribution < 1.29 is 14.3 Å². The molecule has 142 valence electrons. The summed E-state index contributed by atoms with van der Waals surface area (Å²) >= 11 is 0. The Morgan fingerprint density at radius 3 is 2.63 bits per heavy atom. The summed E-state index contributed by atoms with van der Waals surface area (Å²) in [5, 5.41) is 3.04. The number of amides is 1. The van der Waals surface area contributed by atoms with Crippen LogP contribution in [-0.2, 0) is 9.53 Å². The van der Waals surface area contributed by atoms with Crippen molar-refractivity contribution in [2.24, 2.45) is 17.8 Å². The Balaban J connectivity index is 1.35. The first kappa shape index (κ1) is 17.9. The van der Waals surface area contributed by atoms with E-state index in [1.807, 2.05) is 18.2 Å². The van der Waals surface area contributed by atoms with E-state index in [4.69, 9.17) is 4.74 Å². The standard InChI is InChI=1S/C21H25N3O3/c1-12(16-10-14-7-8-15(16)9-14)23-20(25)13(2)27-21(26)19-11-22-17-5-3-4-6-18(17)24-19/h3-6,11-16H,7-10H2,1-2H3,(H,23,25)/t12-,13-,14-,15-,16-/m0/s1. The van der Waals surface area contributed by atoms with Crippen LogP contribution in [0.2, 0.25) is 0 Å². The average molecular weight is 367 g/mol. The van der Waals surface area contributed by atoms with Crippen molar-refractivity contribution in [3.8, 4) is 0 Å². The second-order valence-electron chi connectivity index (χ2n) is 7.93. The van der Waals surface area contributed by atoms with Gasteiger partial charge in [0.15, 0.2) is 11.8 Å². The molecular formula is C21H25N3O3. The maximum atomic E-state index is 12.5. The molecule has 2 saturated carbocycles. The first-order valence-electron chi connectivity index (χ1n) is 9.74. The molecule has 4 rings (SSSR count). The summed E-state index contributed by atoms with van der Waals surface area (Å²) in [4.78, 5) is 33.3. The summed E-state index contributed by atoms with van der Waals surface area (Å²) < 4.78 is 5.32. The fourth-order valence-electron chi connectivity index (χ4n) is 4.69. The molecule has 0 radical (unpaired) electrons. The largest absolute Gasteiger partial charge is 0.448 e. The summed E-state index contributed by atoms with van der Waals surface area (Å²) in [6.07, 6.45) is 5.63. The van der Waals surface area contributed by atoms with E-state index in [1.54, 1.807) is 13.0 Å². The lowest BCUT2D eigenvalue weighted by atomic mass is 9.84. The van der Waals surface area contributed by atoms with E-state index in [2.05, 4.69) is 22.2 Å². The van der Waals surface area contributed by atoms with Crippen LogP contribution in [0.25, 0.3) is 11.0 Å². The Labute approximate surface area is 158 Å². The summed E-state index contributed by atoms with van der Waals surface area (Å²) in [6, 6.07) is 7.41. The number of ether oxygens (including phenoxy) is 1. The summed E-state index contributed by atoms with van der Waals surface area (Å²) in [5.74, 6) is 1.22. The van der Waals surface area contributed by atoms with Crippen LogP contribution in [0.1, 0.15) is 50.0 Å². The lowest BCUT2D eigenvalue weighted by molar-refractivity contribution is -0.130. The fraction of sp³-hybridized carbons (Fsp3) is 0.524. The molecule has 0 spiro atoms. The van der Waals surface area contributed by atoms with Gasteiger partial charge in [0.25, 0.3) is 5.91 Å². The van der Waals surface area contributed by atoms with Crippen LogP contribution >= 0.6 is 0 Å². The van der Waals surface area contributed by atoms with Gasteiger partial charge in [0, 0.05) is 6.04 Å². The number of nitrogens with one attached hydrogen (secondary N) is 1. The SMILES string of the molecule is C[C@H](OC(=O)c1cnc2ccccc2n1)C(=O)N[C@@H](C)[C@@H]1C[C@H]2CC[C@H]1C2. The monoisotopic (exact) mass is 367 g/mol. The normalized spacial score (nSPS) is 25.9. The number of esters is 1. The van der Waals surface area contributed by atoms with Crippen LogP contribution in [0.5, 0.6) is 0 Å². The molecule has 2 aliphatic rings. The molecule has 1 aromatic heterocycles. The number of fused-ring (bicyclic) bond motifs is 3. The second kappa shape index (κ2) is 7.25. The highest BCUT2D eigenvalue weighted by Crippen LogP contribution is 2.49. The molecule has 1 aromatic carbocycles. The maximum absolute atomic E-state index is 12.5. The van der Waals surface area contributed by atoms with E-state index < -0.39 is 12.1 Å². The van der Waals surface area contributed by atoms with Gasteiger partial charge in [-0.1, -0.05) is 18.6 Å². The zero-order valence-corrected chi connectivity index (χ0v) is 15.7. The molecule has 6 nitrogen and oxygen atoms in total. The van der Waals surface area contributed by atoms with Gasteiger partial charge in [0.1, 0.15) is 0 Å². The van der Waals surface area contributed by atoms with Crippen LogP contribution in [0.3, 0.4) is 0 Å². The number of carbonyl (C=O) groups excluding carboxylic acids is 2. The molecule has 6 heteroatoms. The van der Waals surface area contributed by atoms with Gasteiger partial charge in [-0.2, -0.15) is 0 Å². The maximum Gasteiger partial charge on any atom is 0.359 e.